The van der Waals surface area contributed by atoms with Gasteiger partial charge < -0.3 is 0 Å². The highest BCUT2D eigenvalue weighted by atomic mass is 79.9. The molecular formula is C10H9Br2N3. The van der Waals surface area contributed by atoms with Crippen LogP contribution in [0.1, 0.15) is 11.3 Å². The number of hydrogen-bond donors (Lipinski definition) is 0. The number of hydrogen-bond acceptors (Lipinski definition) is 2. The molecule has 15 heavy (non-hydrogen) atoms. The molecule has 0 amide bonds. The molecule has 0 radical (unpaired) electrons. The van der Waals surface area contributed by atoms with E-state index in [4.69, 9.17) is 0 Å². The summed E-state index contributed by atoms with van der Waals surface area (Å²) in [5.74, 6) is 0. The molecule has 2 rings (SSSR count). The van der Waals surface area contributed by atoms with Crippen molar-refractivity contribution in [3.63, 3.8) is 0 Å². The van der Waals surface area contributed by atoms with Gasteiger partial charge in [-0.25, -0.2) is 4.68 Å². The number of alkyl halides is 1. The predicted molar refractivity (Wildman–Crippen MR) is 66.4 cm³/mol. The smallest absolute Gasteiger partial charge is 0.0937 e. The van der Waals surface area contributed by atoms with Crippen LogP contribution in [-0.4, -0.2) is 15.0 Å². The summed E-state index contributed by atoms with van der Waals surface area (Å²) in [6, 6.07) is 6.08. The highest BCUT2D eigenvalue weighted by Gasteiger charge is 2.02. The van der Waals surface area contributed by atoms with Crippen LogP contribution < -0.4 is 0 Å². The minimum atomic E-state index is 0.725. The van der Waals surface area contributed by atoms with Gasteiger partial charge >= 0.3 is 0 Å². The molecule has 0 aliphatic carbocycles. The molecule has 78 valence electrons. The molecule has 5 heteroatoms. The Morgan fingerprint density at radius 3 is 2.80 bits per heavy atom. The Labute approximate surface area is 105 Å². The lowest BCUT2D eigenvalue weighted by Crippen LogP contribution is -1.95. The van der Waals surface area contributed by atoms with E-state index in [1.54, 1.807) is 4.68 Å². The van der Waals surface area contributed by atoms with Gasteiger partial charge in [-0.1, -0.05) is 37.1 Å². The zero-order valence-electron chi connectivity index (χ0n) is 8.11. The topological polar surface area (TPSA) is 30.7 Å². The van der Waals surface area contributed by atoms with Gasteiger partial charge in [-0.3, -0.25) is 0 Å². The van der Waals surface area contributed by atoms with Crippen LogP contribution in [0.3, 0.4) is 0 Å². The number of nitrogens with zero attached hydrogens (tertiary/aromatic N) is 3. The highest BCUT2D eigenvalue weighted by molar-refractivity contribution is 9.10. The fourth-order valence-electron chi connectivity index (χ4n) is 1.26. The predicted octanol–water partition coefficient (Wildman–Crippen LogP) is 3.23. The van der Waals surface area contributed by atoms with Gasteiger partial charge in [0.05, 0.1) is 17.6 Å². The maximum absolute atomic E-state index is 4.05. The summed E-state index contributed by atoms with van der Waals surface area (Å²) in [7, 11) is 0. The molecule has 0 atom stereocenters. The van der Waals surface area contributed by atoms with Gasteiger partial charge in [0.15, 0.2) is 0 Å². The second-order valence-electron chi connectivity index (χ2n) is 3.22. The summed E-state index contributed by atoms with van der Waals surface area (Å²) in [5.41, 5.74) is 3.13. The third-order valence-electron chi connectivity index (χ3n) is 2.08. The molecule has 0 saturated heterocycles. The molecule has 3 nitrogen and oxygen atoms in total. The van der Waals surface area contributed by atoms with Crippen molar-refractivity contribution in [2.45, 2.75) is 12.3 Å². The molecule has 2 aromatic rings. The zero-order valence-corrected chi connectivity index (χ0v) is 11.3. The number of rotatable bonds is 2. The second kappa shape index (κ2) is 4.45. The van der Waals surface area contributed by atoms with Crippen LogP contribution in [0.2, 0.25) is 0 Å². The second-order valence-corrected chi connectivity index (χ2v) is 4.64. The number of aromatic nitrogens is 3. The van der Waals surface area contributed by atoms with Crippen molar-refractivity contribution >= 4 is 31.9 Å². The normalized spacial score (nSPS) is 10.6. The average molecular weight is 331 g/mol. The van der Waals surface area contributed by atoms with Gasteiger partial charge in [-0.15, -0.1) is 5.10 Å². The van der Waals surface area contributed by atoms with Crippen molar-refractivity contribution in [3.8, 4) is 5.69 Å². The summed E-state index contributed by atoms with van der Waals surface area (Å²) in [6.07, 6.45) is 1.91. The summed E-state index contributed by atoms with van der Waals surface area (Å²) < 4.78 is 2.88. The Bertz CT molecular complexity index is 479. The van der Waals surface area contributed by atoms with E-state index in [1.807, 2.05) is 18.3 Å². The van der Waals surface area contributed by atoms with Crippen molar-refractivity contribution in [1.29, 1.82) is 0 Å². The minimum absolute atomic E-state index is 0.725. The largest absolute Gasteiger partial charge is 0.220 e. The quantitative estimate of drug-likeness (QED) is 0.791. The minimum Gasteiger partial charge on any atom is -0.220 e. The fraction of sp³-hybridized carbons (Fsp3) is 0.200. The lowest BCUT2D eigenvalue weighted by Gasteiger charge is -2.02. The van der Waals surface area contributed by atoms with Gasteiger partial charge in [0.1, 0.15) is 0 Å². The Balaban J connectivity index is 2.40. The van der Waals surface area contributed by atoms with E-state index in [0.29, 0.717) is 0 Å². The van der Waals surface area contributed by atoms with Crippen molar-refractivity contribution in [1.82, 2.24) is 15.0 Å². The SMILES string of the molecule is Cc1cc(-n2cc(CBr)nn2)ccc1Br. The van der Waals surface area contributed by atoms with E-state index in [0.717, 1.165) is 21.2 Å². The highest BCUT2D eigenvalue weighted by Crippen LogP contribution is 2.19. The molecule has 0 fully saturated rings. The third kappa shape index (κ3) is 2.29. The molecule has 0 saturated carbocycles. The van der Waals surface area contributed by atoms with Gasteiger partial charge in [0, 0.05) is 9.80 Å². The van der Waals surface area contributed by atoms with E-state index >= 15 is 0 Å². The first kappa shape index (κ1) is 10.8. The third-order valence-corrected chi connectivity index (χ3v) is 3.55. The van der Waals surface area contributed by atoms with Gasteiger partial charge in [0.25, 0.3) is 0 Å². The van der Waals surface area contributed by atoms with Gasteiger partial charge in [-0.05, 0) is 30.7 Å². The molecule has 0 spiro atoms. The molecule has 0 bridgehead atoms. The molecule has 1 heterocycles. The molecular weight excluding hydrogens is 322 g/mol. The number of benzene rings is 1. The molecule has 0 aliphatic rings. The summed E-state index contributed by atoms with van der Waals surface area (Å²) in [4.78, 5) is 0. The Kier molecular flexibility index (Phi) is 3.21. The number of halogens is 2. The number of aryl methyl sites for hydroxylation is 1. The fourth-order valence-corrected chi connectivity index (χ4v) is 1.76. The van der Waals surface area contributed by atoms with Crippen molar-refractivity contribution in [2.75, 3.05) is 0 Å². The Morgan fingerprint density at radius 2 is 2.20 bits per heavy atom. The van der Waals surface area contributed by atoms with Crippen molar-refractivity contribution in [2.24, 2.45) is 0 Å². The van der Waals surface area contributed by atoms with Crippen molar-refractivity contribution in [3.05, 3.63) is 40.1 Å². The molecule has 1 aromatic heterocycles. The van der Waals surface area contributed by atoms with E-state index in [-0.39, 0.29) is 0 Å². The van der Waals surface area contributed by atoms with Crippen LogP contribution in [-0.2, 0) is 5.33 Å². The van der Waals surface area contributed by atoms with E-state index in [2.05, 4.69) is 55.2 Å². The van der Waals surface area contributed by atoms with Crippen LogP contribution in [0.15, 0.2) is 28.9 Å². The summed E-state index contributed by atoms with van der Waals surface area (Å²) in [6.45, 7) is 2.05. The first-order valence-corrected chi connectivity index (χ1v) is 6.36. The van der Waals surface area contributed by atoms with E-state index in [9.17, 15) is 0 Å². The lowest BCUT2D eigenvalue weighted by molar-refractivity contribution is 0.799. The Hall–Kier alpha value is -0.680. The first-order chi connectivity index (χ1) is 7.20. The van der Waals surface area contributed by atoms with Crippen LogP contribution in [0.5, 0.6) is 0 Å². The van der Waals surface area contributed by atoms with E-state index < -0.39 is 0 Å². The Morgan fingerprint density at radius 1 is 1.40 bits per heavy atom. The van der Waals surface area contributed by atoms with Crippen molar-refractivity contribution < 1.29 is 0 Å². The van der Waals surface area contributed by atoms with Crippen LogP contribution in [0.4, 0.5) is 0 Å². The molecule has 0 unspecified atom stereocenters. The first-order valence-electron chi connectivity index (χ1n) is 4.44. The summed E-state index contributed by atoms with van der Waals surface area (Å²) in [5, 5.41) is 8.79. The standard InChI is InChI=1S/C10H9Br2N3/c1-7-4-9(2-3-10(7)12)15-6-8(5-11)13-14-15/h2-4,6H,5H2,1H3. The molecule has 1 aromatic carbocycles. The monoisotopic (exact) mass is 329 g/mol. The molecule has 0 N–H and O–H groups in total. The van der Waals surface area contributed by atoms with Crippen LogP contribution in [0.25, 0.3) is 5.69 Å². The summed E-state index contributed by atoms with van der Waals surface area (Å²) >= 11 is 6.81. The van der Waals surface area contributed by atoms with Crippen LogP contribution in [0, 0.1) is 6.92 Å². The molecule has 0 aliphatic heterocycles. The van der Waals surface area contributed by atoms with Crippen LogP contribution >= 0.6 is 31.9 Å². The maximum Gasteiger partial charge on any atom is 0.0937 e. The maximum atomic E-state index is 4.05. The average Bonchev–Trinajstić information content (AvgIpc) is 2.70. The lowest BCUT2D eigenvalue weighted by atomic mass is 10.2. The van der Waals surface area contributed by atoms with E-state index in [1.165, 1.54) is 5.56 Å². The van der Waals surface area contributed by atoms with Gasteiger partial charge in [0.2, 0.25) is 0 Å². The zero-order chi connectivity index (χ0) is 10.8. The van der Waals surface area contributed by atoms with Gasteiger partial charge in [-0.2, -0.15) is 0 Å².